The monoisotopic (exact) mass is 519 g/mol. The van der Waals surface area contributed by atoms with Crippen LogP contribution in [0.3, 0.4) is 0 Å². The second-order valence-electron chi connectivity index (χ2n) is 8.95. The molecule has 0 saturated carbocycles. The summed E-state index contributed by atoms with van der Waals surface area (Å²) in [4.78, 5) is 39.2. The predicted octanol–water partition coefficient (Wildman–Crippen LogP) is 5.38. The van der Waals surface area contributed by atoms with E-state index in [2.05, 4.69) is 5.32 Å². The van der Waals surface area contributed by atoms with Crippen molar-refractivity contribution in [3.8, 4) is 0 Å². The molecule has 0 saturated heterocycles. The van der Waals surface area contributed by atoms with Gasteiger partial charge in [0.2, 0.25) is 11.8 Å². The molecule has 2 amide bonds. The highest BCUT2D eigenvalue weighted by molar-refractivity contribution is 7.99. The molecule has 194 valence electrons. The second-order valence-corrected chi connectivity index (χ2v) is 9.93. The van der Waals surface area contributed by atoms with Crippen molar-refractivity contribution in [2.45, 2.75) is 51.1 Å². The number of amides is 2. The van der Waals surface area contributed by atoms with Crippen LogP contribution in [0.1, 0.15) is 37.0 Å². The molecule has 37 heavy (non-hydrogen) atoms. The third-order valence-electron chi connectivity index (χ3n) is 6.11. The van der Waals surface area contributed by atoms with E-state index in [1.807, 2.05) is 74.5 Å². The van der Waals surface area contributed by atoms with Crippen molar-refractivity contribution in [3.63, 3.8) is 0 Å². The molecule has 8 heteroatoms. The van der Waals surface area contributed by atoms with Gasteiger partial charge < -0.3 is 10.2 Å². The topological polar surface area (TPSA) is 92.6 Å². The lowest BCUT2D eigenvalue weighted by atomic mass is 10.0. The Morgan fingerprint density at radius 1 is 0.919 bits per heavy atom. The van der Waals surface area contributed by atoms with Gasteiger partial charge in [-0.2, -0.15) is 0 Å². The third kappa shape index (κ3) is 8.75. The van der Waals surface area contributed by atoms with Crippen LogP contribution < -0.4 is 5.32 Å². The number of benzene rings is 3. The first kappa shape index (κ1) is 27.9. The molecule has 0 radical (unpaired) electrons. The number of nitro groups is 1. The third-order valence-corrected chi connectivity index (χ3v) is 7.10. The molecule has 0 heterocycles. The molecule has 0 spiro atoms. The molecule has 0 unspecified atom stereocenters. The van der Waals surface area contributed by atoms with Gasteiger partial charge in [0, 0.05) is 36.9 Å². The average molecular weight is 520 g/mol. The molecule has 2 atom stereocenters. The fourth-order valence-corrected chi connectivity index (χ4v) is 4.70. The van der Waals surface area contributed by atoms with E-state index in [0.717, 1.165) is 23.1 Å². The lowest BCUT2D eigenvalue weighted by Gasteiger charge is -2.32. The Labute approximate surface area is 222 Å². The van der Waals surface area contributed by atoms with Gasteiger partial charge in [-0.05, 0) is 30.0 Å². The van der Waals surface area contributed by atoms with Gasteiger partial charge in [0.1, 0.15) is 6.04 Å². The molecule has 0 aliphatic rings. The van der Waals surface area contributed by atoms with Crippen molar-refractivity contribution in [3.05, 3.63) is 112 Å². The van der Waals surface area contributed by atoms with Crippen LogP contribution in [0.4, 0.5) is 5.69 Å². The number of nitrogens with one attached hydrogen (secondary N) is 1. The van der Waals surface area contributed by atoms with Crippen molar-refractivity contribution in [1.82, 2.24) is 10.2 Å². The molecule has 3 rings (SSSR count). The number of non-ortho nitro benzene ring substituents is 1. The lowest BCUT2D eigenvalue weighted by Crippen LogP contribution is -2.52. The van der Waals surface area contributed by atoms with E-state index < -0.39 is 11.0 Å². The fraction of sp³-hybridized carbons (Fsp3) is 0.310. The highest BCUT2D eigenvalue weighted by atomic mass is 32.2. The van der Waals surface area contributed by atoms with Crippen molar-refractivity contribution in [2.24, 2.45) is 0 Å². The van der Waals surface area contributed by atoms with E-state index in [9.17, 15) is 19.7 Å². The molecular weight excluding hydrogens is 486 g/mol. The fourth-order valence-electron chi connectivity index (χ4n) is 3.83. The van der Waals surface area contributed by atoms with E-state index in [4.69, 9.17) is 0 Å². The molecule has 1 N–H and O–H groups in total. The van der Waals surface area contributed by atoms with E-state index in [1.54, 1.807) is 17.0 Å². The van der Waals surface area contributed by atoms with E-state index in [1.165, 1.54) is 23.9 Å². The predicted molar refractivity (Wildman–Crippen MR) is 148 cm³/mol. The molecular formula is C29H33N3O4S. The van der Waals surface area contributed by atoms with Crippen molar-refractivity contribution < 1.29 is 14.5 Å². The van der Waals surface area contributed by atoms with E-state index >= 15 is 0 Å². The van der Waals surface area contributed by atoms with E-state index in [-0.39, 0.29) is 29.3 Å². The quantitative estimate of drug-likeness (QED) is 0.242. The number of thioether (sulfide) groups is 1. The van der Waals surface area contributed by atoms with Crippen LogP contribution >= 0.6 is 11.8 Å². The summed E-state index contributed by atoms with van der Waals surface area (Å²) >= 11 is 1.43. The van der Waals surface area contributed by atoms with Gasteiger partial charge in [0.15, 0.2) is 0 Å². The van der Waals surface area contributed by atoms with Crippen molar-refractivity contribution in [1.29, 1.82) is 0 Å². The van der Waals surface area contributed by atoms with Crippen LogP contribution in [-0.2, 0) is 28.3 Å². The first-order chi connectivity index (χ1) is 17.9. The van der Waals surface area contributed by atoms with Gasteiger partial charge in [-0.3, -0.25) is 19.7 Å². The summed E-state index contributed by atoms with van der Waals surface area (Å²) in [6, 6.07) is 25.1. The second kappa shape index (κ2) is 14.2. The Hall–Kier alpha value is -3.65. The summed E-state index contributed by atoms with van der Waals surface area (Å²) in [6.45, 7) is 4.29. The smallest absolute Gasteiger partial charge is 0.269 e. The zero-order valence-electron chi connectivity index (χ0n) is 21.2. The van der Waals surface area contributed by atoms with Crippen LogP contribution in [0.15, 0.2) is 84.9 Å². The summed E-state index contributed by atoms with van der Waals surface area (Å²) < 4.78 is 0. The number of nitro benzene ring substituents is 1. The maximum absolute atomic E-state index is 13.6. The largest absolute Gasteiger partial charge is 0.352 e. The van der Waals surface area contributed by atoms with Gasteiger partial charge in [0.25, 0.3) is 5.69 Å². The van der Waals surface area contributed by atoms with Gasteiger partial charge in [-0.25, -0.2) is 0 Å². The first-order valence-corrected chi connectivity index (χ1v) is 13.5. The van der Waals surface area contributed by atoms with Crippen LogP contribution in [0.2, 0.25) is 0 Å². The zero-order valence-corrected chi connectivity index (χ0v) is 22.0. The van der Waals surface area contributed by atoms with Gasteiger partial charge in [-0.1, -0.05) is 79.7 Å². The maximum atomic E-state index is 13.6. The molecule has 0 bridgehead atoms. The summed E-state index contributed by atoms with van der Waals surface area (Å²) in [6.07, 6.45) is 1.20. The van der Waals surface area contributed by atoms with E-state index in [0.29, 0.717) is 18.7 Å². The average Bonchev–Trinajstić information content (AvgIpc) is 2.91. The van der Waals surface area contributed by atoms with Gasteiger partial charge in [0.05, 0.1) is 10.7 Å². The highest BCUT2D eigenvalue weighted by Gasteiger charge is 2.30. The lowest BCUT2D eigenvalue weighted by molar-refractivity contribution is -0.384. The summed E-state index contributed by atoms with van der Waals surface area (Å²) in [5, 5.41) is 14.0. The summed E-state index contributed by atoms with van der Waals surface area (Å²) in [5.74, 6) is 0.427. The van der Waals surface area contributed by atoms with Crippen molar-refractivity contribution in [2.75, 3.05) is 5.75 Å². The molecule has 0 aliphatic heterocycles. The Morgan fingerprint density at radius 2 is 1.51 bits per heavy atom. The molecule has 7 nitrogen and oxygen atoms in total. The highest BCUT2D eigenvalue weighted by Crippen LogP contribution is 2.20. The molecule has 0 fully saturated rings. The van der Waals surface area contributed by atoms with Crippen LogP contribution in [0.25, 0.3) is 0 Å². The standard InChI is InChI=1S/C29H33N3O4S/c1-3-22(2)30-29(34)27(18-23-10-6-4-7-11-23)31(19-24-12-8-5-9-13-24)28(33)21-37-20-25-14-16-26(17-15-25)32(35)36/h4-17,22,27H,3,18-21H2,1-2H3,(H,30,34)/t22-,27+/m1/s1. The maximum Gasteiger partial charge on any atom is 0.269 e. The molecule has 3 aromatic rings. The van der Waals surface area contributed by atoms with Crippen LogP contribution in [0, 0.1) is 10.1 Å². The number of carbonyl (C=O) groups is 2. The molecule has 3 aromatic carbocycles. The number of hydrogen-bond acceptors (Lipinski definition) is 5. The van der Waals surface area contributed by atoms with Gasteiger partial charge in [-0.15, -0.1) is 11.8 Å². The first-order valence-electron chi connectivity index (χ1n) is 12.4. The van der Waals surface area contributed by atoms with Crippen molar-refractivity contribution >= 4 is 29.3 Å². The van der Waals surface area contributed by atoms with Gasteiger partial charge >= 0.3 is 0 Å². The SMILES string of the molecule is CC[C@@H](C)NC(=O)[C@H](Cc1ccccc1)N(Cc1ccccc1)C(=O)CSCc1ccc([N+](=O)[O-])cc1. The Kier molecular flexibility index (Phi) is 10.7. The number of nitrogens with zero attached hydrogens (tertiary/aromatic N) is 2. The Bertz CT molecular complexity index is 1160. The van der Waals surface area contributed by atoms with Crippen LogP contribution in [0.5, 0.6) is 0 Å². The summed E-state index contributed by atoms with van der Waals surface area (Å²) in [5.41, 5.74) is 2.87. The number of rotatable bonds is 13. The Balaban J connectivity index is 1.80. The minimum Gasteiger partial charge on any atom is -0.352 e. The zero-order chi connectivity index (χ0) is 26.6. The number of carbonyl (C=O) groups excluding carboxylic acids is 2. The molecule has 0 aromatic heterocycles. The number of hydrogen-bond donors (Lipinski definition) is 1. The normalized spacial score (nSPS) is 12.4. The Morgan fingerprint density at radius 3 is 2.08 bits per heavy atom. The minimum atomic E-state index is -0.663. The minimum absolute atomic E-state index is 0.00374. The van der Waals surface area contributed by atoms with Crippen LogP contribution in [-0.4, -0.2) is 39.5 Å². The summed E-state index contributed by atoms with van der Waals surface area (Å²) in [7, 11) is 0. The molecule has 0 aliphatic carbocycles.